The zero-order valence-corrected chi connectivity index (χ0v) is 15.2. The zero-order valence-electron chi connectivity index (χ0n) is 15.2. The second-order valence-corrected chi connectivity index (χ2v) is 6.50. The van der Waals surface area contributed by atoms with E-state index >= 15 is 0 Å². The van der Waals surface area contributed by atoms with Gasteiger partial charge in [-0.15, -0.1) is 6.58 Å². The van der Waals surface area contributed by atoms with Crippen molar-refractivity contribution >= 4 is 10.8 Å². The van der Waals surface area contributed by atoms with Gasteiger partial charge in [-0.1, -0.05) is 30.3 Å². The minimum atomic E-state index is 0.0491. The molecule has 0 aliphatic heterocycles. The molecule has 0 spiro atoms. The highest BCUT2D eigenvalue weighted by Crippen LogP contribution is 2.24. The Balaban J connectivity index is 1.71. The Labute approximate surface area is 155 Å². The first kappa shape index (κ1) is 18.1. The Hall–Kier alpha value is -2.72. The number of ether oxygens (including phenoxy) is 1. The van der Waals surface area contributed by atoms with Crippen LogP contribution in [0, 0.1) is 0 Å². The van der Waals surface area contributed by atoms with Crippen LogP contribution < -0.4 is 4.74 Å². The molecule has 3 aromatic rings. The summed E-state index contributed by atoms with van der Waals surface area (Å²) in [6, 6.07) is 14.3. The predicted molar refractivity (Wildman–Crippen MR) is 106 cm³/mol. The van der Waals surface area contributed by atoms with Gasteiger partial charge in [-0.05, 0) is 49.0 Å². The summed E-state index contributed by atoms with van der Waals surface area (Å²) >= 11 is 0. The largest absolute Gasteiger partial charge is 0.473 e. The average Bonchev–Trinajstić information content (AvgIpc) is 2.67. The summed E-state index contributed by atoms with van der Waals surface area (Å²) in [5.41, 5.74) is 1.20. The van der Waals surface area contributed by atoms with E-state index in [-0.39, 0.29) is 6.10 Å². The van der Waals surface area contributed by atoms with Crippen LogP contribution in [-0.2, 0) is 6.54 Å². The lowest BCUT2D eigenvalue weighted by atomic mass is 10.1. The lowest BCUT2D eigenvalue weighted by molar-refractivity contribution is 0.134. The topological polar surface area (TPSA) is 38.2 Å². The van der Waals surface area contributed by atoms with Gasteiger partial charge in [-0.3, -0.25) is 9.88 Å². The summed E-state index contributed by atoms with van der Waals surface area (Å²) in [6.07, 6.45) is 9.32. The first-order valence-electron chi connectivity index (χ1n) is 8.95. The van der Waals surface area contributed by atoms with Crippen LogP contribution in [-0.4, -0.2) is 34.6 Å². The smallest absolute Gasteiger partial charge is 0.221 e. The van der Waals surface area contributed by atoms with Gasteiger partial charge in [-0.25, -0.2) is 4.98 Å². The minimum Gasteiger partial charge on any atom is -0.473 e. The molecule has 0 saturated heterocycles. The van der Waals surface area contributed by atoms with Gasteiger partial charge in [-0.2, -0.15) is 0 Å². The Morgan fingerprint density at radius 3 is 2.85 bits per heavy atom. The Morgan fingerprint density at radius 1 is 1.15 bits per heavy atom. The fourth-order valence-corrected chi connectivity index (χ4v) is 3.05. The van der Waals surface area contributed by atoms with E-state index in [1.165, 1.54) is 5.56 Å². The van der Waals surface area contributed by atoms with Gasteiger partial charge in [0, 0.05) is 37.1 Å². The van der Waals surface area contributed by atoms with Crippen LogP contribution in [0.4, 0.5) is 0 Å². The van der Waals surface area contributed by atoms with Crippen molar-refractivity contribution in [3.05, 3.63) is 79.3 Å². The highest BCUT2D eigenvalue weighted by molar-refractivity contribution is 5.86. The number of rotatable bonds is 9. The zero-order chi connectivity index (χ0) is 18.2. The molecule has 0 radical (unpaired) electrons. The van der Waals surface area contributed by atoms with E-state index in [1.54, 1.807) is 6.20 Å². The fraction of sp³-hybridized carbons (Fsp3) is 0.273. The summed E-state index contributed by atoms with van der Waals surface area (Å²) in [6.45, 7) is 5.49. The van der Waals surface area contributed by atoms with Crippen LogP contribution in [0.2, 0.25) is 0 Å². The molecule has 0 aliphatic carbocycles. The van der Waals surface area contributed by atoms with Crippen molar-refractivity contribution in [2.24, 2.45) is 0 Å². The van der Waals surface area contributed by atoms with Crippen molar-refractivity contribution in [3.8, 4) is 5.88 Å². The van der Waals surface area contributed by atoms with E-state index in [2.05, 4.69) is 46.7 Å². The first-order chi connectivity index (χ1) is 12.8. The number of fused-ring (bicyclic) bond motifs is 1. The molecule has 3 rings (SSSR count). The molecule has 0 amide bonds. The van der Waals surface area contributed by atoms with E-state index in [0.717, 1.165) is 36.7 Å². The van der Waals surface area contributed by atoms with Crippen LogP contribution in [0.15, 0.2) is 73.7 Å². The van der Waals surface area contributed by atoms with Crippen LogP contribution in [0.5, 0.6) is 5.88 Å². The molecule has 0 fully saturated rings. The van der Waals surface area contributed by atoms with Crippen molar-refractivity contribution in [2.75, 3.05) is 13.6 Å². The maximum atomic E-state index is 6.32. The number of allylic oxidation sites excluding steroid dienone is 1. The minimum absolute atomic E-state index is 0.0491. The van der Waals surface area contributed by atoms with Crippen molar-refractivity contribution in [2.45, 2.75) is 25.5 Å². The molecule has 2 aromatic heterocycles. The fourth-order valence-electron chi connectivity index (χ4n) is 3.05. The molecule has 134 valence electrons. The van der Waals surface area contributed by atoms with Crippen LogP contribution in [0.1, 0.15) is 18.4 Å². The molecule has 0 aliphatic rings. The number of hydrogen-bond acceptors (Lipinski definition) is 4. The average molecular weight is 347 g/mol. The van der Waals surface area contributed by atoms with E-state index < -0.39 is 0 Å². The van der Waals surface area contributed by atoms with Crippen molar-refractivity contribution in [3.63, 3.8) is 0 Å². The lowest BCUT2D eigenvalue weighted by Gasteiger charge is -2.25. The second kappa shape index (κ2) is 9.11. The number of benzene rings is 1. The molecular formula is C22H25N3O. The van der Waals surface area contributed by atoms with Gasteiger partial charge in [0.05, 0.1) is 0 Å². The highest BCUT2D eigenvalue weighted by Gasteiger charge is 2.15. The van der Waals surface area contributed by atoms with Gasteiger partial charge in [0.15, 0.2) is 0 Å². The lowest BCUT2D eigenvalue weighted by Crippen LogP contribution is -2.33. The summed E-state index contributed by atoms with van der Waals surface area (Å²) in [5, 5.41) is 2.19. The maximum Gasteiger partial charge on any atom is 0.221 e. The Bertz CT molecular complexity index is 830. The molecule has 2 heterocycles. The maximum absolute atomic E-state index is 6.32. The monoisotopic (exact) mass is 347 g/mol. The van der Waals surface area contributed by atoms with Crippen molar-refractivity contribution in [1.29, 1.82) is 0 Å². The molecular weight excluding hydrogens is 322 g/mol. The van der Waals surface area contributed by atoms with E-state index in [4.69, 9.17) is 4.74 Å². The summed E-state index contributed by atoms with van der Waals surface area (Å²) in [7, 11) is 2.10. The molecule has 4 heteroatoms. The third-order valence-electron chi connectivity index (χ3n) is 4.30. The summed E-state index contributed by atoms with van der Waals surface area (Å²) in [4.78, 5) is 10.9. The first-order valence-corrected chi connectivity index (χ1v) is 8.95. The standard InChI is InChI=1S/C22H25N3O/c1-3-4-10-20(17-25(2)16-18-8-7-13-23-15-18)26-22-21-11-6-5-9-19(21)12-14-24-22/h3,5-9,11-15,20H,1,4,10,16-17H2,2H3/t20-/m0/s1. The van der Waals surface area contributed by atoms with Gasteiger partial charge in [0.25, 0.3) is 0 Å². The van der Waals surface area contributed by atoms with Crippen LogP contribution >= 0.6 is 0 Å². The predicted octanol–water partition coefficient (Wildman–Crippen LogP) is 4.48. The molecule has 0 unspecified atom stereocenters. The molecule has 1 atom stereocenters. The number of hydrogen-bond donors (Lipinski definition) is 0. The molecule has 0 N–H and O–H groups in total. The van der Waals surface area contributed by atoms with Crippen LogP contribution in [0.3, 0.4) is 0 Å². The molecule has 4 nitrogen and oxygen atoms in total. The van der Waals surface area contributed by atoms with Gasteiger partial charge in [0.1, 0.15) is 6.10 Å². The van der Waals surface area contributed by atoms with Crippen molar-refractivity contribution < 1.29 is 4.74 Å². The van der Waals surface area contributed by atoms with E-state index in [0.29, 0.717) is 5.88 Å². The molecule has 0 bridgehead atoms. The van der Waals surface area contributed by atoms with E-state index in [1.807, 2.05) is 42.7 Å². The summed E-state index contributed by atoms with van der Waals surface area (Å²) < 4.78 is 6.32. The highest BCUT2D eigenvalue weighted by atomic mass is 16.5. The Morgan fingerprint density at radius 2 is 2.04 bits per heavy atom. The molecule has 26 heavy (non-hydrogen) atoms. The number of pyridine rings is 2. The molecule has 0 saturated carbocycles. The second-order valence-electron chi connectivity index (χ2n) is 6.50. The van der Waals surface area contributed by atoms with Gasteiger partial charge < -0.3 is 4.74 Å². The normalized spacial score (nSPS) is 12.2. The van der Waals surface area contributed by atoms with Gasteiger partial charge in [0.2, 0.25) is 5.88 Å². The van der Waals surface area contributed by atoms with Crippen molar-refractivity contribution in [1.82, 2.24) is 14.9 Å². The van der Waals surface area contributed by atoms with E-state index in [9.17, 15) is 0 Å². The Kier molecular flexibility index (Phi) is 6.34. The van der Waals surface area contributed by atoms with Crippen LogP contribution in [0.25, 0.3) is 10.8 Å². The third-order valence-corrected chi connectivity index (χ3v) is 4.30. The van der Waals surface area contributed by atoms with Gasteiger partial charge >= 0.3 is 0 Å². The molecule has 1 aromatic carbocycles. The number of likely N-dealkylation sites (N-methyl/N-ethyl adjacent to an activating group) is 1. The number of nitrogens with zero attached hydrogens (tertiary/aromatic N) is 3. The summed E-state index contributed by atoms with van der Waals surface area (Å²) in [5.74, 6) is 0.701. The number of aromatic nitrogens is 2. The third kappa shape index (κ3) is 4.90. The quantitative estimate of drug-likeness (QED) is 0.535. The SMILES string of the molecule is C=CCC[C@@H](CN(C)Cc1cccnc1)Oc1nccc2ccccc12.